The van der Waals surface area contributed by atoms with Crippen LogP contribution < -0.4 is 10.2 Å². The SMILES string of the molecule is CCN(C(=O)CC1CCNCC1)c1ccc(Br)c(Br)c1.O=C(O)/C=C/C(=O)O. The highest BCUT2D eigenvalue weighted by Crippen LogP contribution is 2.29. The molecule has 0 saturated carbocycles. The third-order valence-electron chi connectivity index (χ3n) is 4.12. The van der Waals surface area contributed by atoms with Gasteiger partial charge in [-0.1, -0.05) is 0 Å². The van der Waals surface area contributed by atoms with Gasteiger partial charge in [-0.3, -0.25) is 4.79 Å². The Morgan fingerprint density at radius 1 is 1.11 bits per heavy atom. The normalized spacial score (nSPS) is 14.2. The smallest absolute Gasteiger partial charge is 0.328 e. The zero-order chi connectivity index (χ0) is 21.1. The molecule has 0 spiro atoms. The van der Waals surface area contributed by atoms with Gasteiger partial charge in [-0.2, -0.15) is 0 Å². The minimum Gasteiger partial charge on any atom is -0.478 e. The molecule has 0 bridgehead atoms. The molecule has 7 nitrogen and oxygen atoms in total. The molecule has 1 amide bonds. The van der Waals surface area contributed by atoms with Crippen LogP contribution in [-0.2, 0) is 14.4 Å². The average Bonchev–Trinajstić information content (AvgIpc) is 2.65. The maximum atomic E-state index is 12.5. The molecule has 1 aromatic rings. The number of rotatable bonds is 6. The zero-order valence-electron chi connectivity index (χ0n) is 15.5. The van der Waals surface area contributed by atoms with E-state index in [4.69, 9.17) is 10.2 Å². The Morgan fingerprint density at radius 2 is 1.68 bits per heavy atom. The van der Waals surface area contributed by atoms with E-state index in [1.54, 1.807) is 0 Å². The Bertz CT molecular complexity index is 702. The molecule has 3 N–H and O–H groups in total. The van der Waals surface area contributed by atoms with Crippen LogP contribution in [0.3, 0.4) is 0 Å². The van der Waals surface area contributed by atoms with Crippen molar-refractivity contribution in [1.82, 2.24) is 5.32 Å². The highest BCUT2D eigenvalue weighted by atomic mass is 79.9. The number of piperidine rings is 1. The van der Waals surface area contributed by atoms with Crippen LogP contribution in [0.1, 0.15) is 26.2 Å². The zero-order valence-corrected chi connectivity index (χ0v) is 18.7. The fourth-order valence-corrected chi connectivity index (χ4v) is 3.35. The van der Waals surface area contributed by atoms with E-state index in [1.165, 1.54) is 0 Å². The highest BCUT2D eigenvalue weighted by molar-refractivity contribution is 9.13. The van der Waals surface area contributed by atoms with Gasteiger partial charge in [0.2, 0.25) is 5.91 Å². The summed E-state index contributed by atoms with van der Waals surface area (Å²) < 4.78 is 1.98. The van der Waals surface area contributed by atoms with Crippen LogP contribution in [0.5, 0.6) is 0 Å². The molecule has 0 radical (unpaired) electrons. The van der Waals surface area contributed by atoms with Crippen LogP contribution >= 0.6 is 31.9 Å². The molecule has 154 valence electrons. The summed E-state index contributed by atoms with van der Waals surface area (Å²) in [5, 5.41) is 19.0. The molecule has 0 unspecified atom stereocenters. The fraction of sp³-hybridized carbons (Fsp3) is 0.421. The van der Waals surface area contributed by atoms with Crippen LogP contribution in [0.2, 0.25) is 0 Å². The highest BCUT2D eigenvalue weighted by Gasteiger charge is 2.21. The second kappa shape index (κ2) is 12.7. The minimum atomic E-state index is -1.26. The van der Waals surface area contributed by atoms with E-state index in [-0.39, 0.29) is 5.91 Å². The fourth-order valence-electron chi connectivity index (χ4n) is 2.74. The number of nitrogens with one attached hydrogen (secondary N) is 1. The van der Waals surface area contributed by atoms with Crippen molar-refractivity contribution in [3.05, 3.63) is 39.3 Å². The van der Waals surface area contributed by atoms with Gasteiger partial charge < -0.3 is 20.4 Å². The van der Waals surface area contributed by atoms with E-state index in [0.29, 0.717) is 31.0 Å². The Hall–Kier alpha value is -1.71. The third-order valence-corrected chi connectivity index (χ3v) is 6.00. The summed E-state index contributed by atoms with van der Waals surface area (Å²) >= 11 is 6.96. The quantitative estimate of drug-likeness (QED) is 0.495. The number of carboxylic acids is 2. The molecule has 1 fully saturated rings. The maximum Gasteiger partial charge on any atom is 0.328 e. The first kappa shape index (κ1) is 24.3. The van der Waals surface area contributed by atoms with Crippen molar-refractivity contribution in [1.29, 1.82) is 0 Å². The topological polar surface area (TPSA) is 107 Å². The van der Waals surface area contributed by atoms with Crippen LogP contribution in [0.25, 0.3) is 0 Å². The summed E-state index contributed by atoms with van der Waals surface area (Å²) in [7, 11) is 0. The molecule has 1 saturated heterocycles. The van der Waals surface area contributed by atoms with Crippen molar-refractivity contribution in [2.75, 3.05) is 24.5 Å². The average molecular weight is 520 g/mol. The molecule has 1 aliphatic heterocycles. The predicted octanol–water partition coefficient (Wildman–Crippen LogP) is 3.67. The number of halogens is 2. The van der Waals surface area contributed by atoms with Gasteiger partial charge in [0.1, 0.15) is 0 Å². The number of benzene rings is 1. The summed E-state index contributed by atoms with van der Waals surface area (Å²) in [5.41, 5.74) is 0.960. The Kier molecular flexibility index (Phi) is 11.0. The van der Waals surface area contributed by atoms with E-state index in [2.05, 4.69) is 37.2 Å². The summed E-state index contributed by atoms with van der Waals surface area (Å²) in [6, 6.07) is 5.95. The molecular weight excluding hydrogens is 496 g/mol. The molecule has 0 aromatic heterocycles. The second-order valence-electron chi connectivity index (χ2n) is 6.14. The van der Waals surface area contributed by atoms with E-state index in [0.717, 1.165) is 40.6 Å². The number of carboxylic acid groups (broad SMARTS) is 2. The van der Waals surface area contributed by atoms with Crippen molar-refractivity contribution in [3.63, 3.8) is 0 Å². The molecule has 2 rings (SSSR count). The lowest BCUT2D eigenvalue weighted by Gasteiger charge is -2.26. The Balaban J connectivity index is 0.000000416. The summed E-state index contributed by atoms with van der Waals surface area (Å²) in [6.45, 7) is 4.80. The van der Waals surface area contributed by atoms with Gasteiger partial charge in [0.15, 0.2) is 0 Å². The Morgan fingerprint density at radius 3 is 2.14 bits per heavy atom. The number of aliphatic carboxylic acids is 2. The number of nitrogens with zero attached hydrogens (tertiary/aromatic N) is 1. The summed E-state index contributed by atoms with van der Waals surface area (Å²) in [6.07, 6.45) is 3.98. The van der Waals surface area contributed by atoms with Gasteiger partial charge in [-0.15, -0.1) is 0 Å². The van der Waals surface area contributed by atoms with E-state index < -0.39 is 11.9 Å². The van der Waals surface area contributed by atoms with Crippen LogP contribution in [0.4, 0.5) is 5.69 Å². The first-order valence-electron chi connectivity index (χ1n) is 8.84. The third kappa shape index (κ3) is 8.99. The van der Waals surface area contributed by atoms with Crippen molar-refractivity contribution in [2.24, 2.45) is 5.92 Å². The molecule has 9 heteroatoms. The van der Waals surface area contributed by atoms with Gasteiger partial charge in [-0.25, -0.2) is 9.59 Å². The summed E-state index contributed by atoms with van der Waals surface area (Å²) in [4.78, 5) is 33.5. The van der Waals surface area contributed by atoms with E-state index in [9.17, 15) is 14.4 Å². The van der Waals surface area contributed by atoms with Crippen LogP contribution in [0.15, 0.2) is 39.3 Å². The van der Waals surface area contributed by atoms with Gasteiger partial charge in [-0.05, 0) is 88.8 Å². The van der Waals surface area contributed by atoms with Crippen molar-refractivity contribution < 1.29 is 24.6 Å². The van der Waals surface area contributed by atoms with Gasteiger partial charge in [0.05, 0.1) is 0 Å². The van der Waals surface area contributed by atoms with Gasteiger partial charge >= 0.3 is 11.9 Å². The van der Waals surface area contributed by atoms with Crippen molar-refractivity contribution >= 4 is 55.4 Å². The number of carbonyl (C=O) groups is 3. The van der Waals surface area contributed by atoms with Crippen LogP contribution in [0, 0.1) is 5.92 Å². The van der Waals surface area contributed by atoms with Crippen molar-refractivity contribution in [3.8, 4) is 0 Å². The molecule has 0 aliphatic carbocycles. The number of hydrogen-bond acceptors (Lipinski definition) is 4. The second-order valence-corrected chi connectivity index (χ2v) is 7.85. The van der Waals surface area contributed by atoms with Crippen LogP contribution in [-0.4, -0.2) is 47.7 Å². The lowest BCUT2D eigenvalue weighted by molar-refractivity contribution is -0.134. The molecular formula is C19H24Br2N2O5. The lowest BCUT2D eigenvalue weighted by Crippen LogP contribution is -2.35. The first-order chi connectivity index (χ1) is 13.2. The lowest BCUT2D eigenvalue weighted by atomic mass is 9.94. The molecule has 1 aromatic carbocycles. The molecule has 1 heterocycles. The van der Waals surface area contributed by atoms with Gasteiger partial charge in [0.25, 0.3) is 0 Å². The predicted molar refractivity (Wildman–Crippen MR) is 114 cm³/mol. The van der Waals surface area contributed by atoms with E-state index >= 15 is 0 Å². The minimum absolute atomic E-state index is 0.230. The molecule has 0 atom stereocenters. The number of anilines is 1. The standard InChI is InChI=1S/C15H20Br2N2O.C4H4O4/c1-2-19(12-3-4-13(16)14(17)10-12)15(20)9-11-5-7-18-8-6-11;5-3(6)1-2-4(7)8/h3-4,10-11,18H,2,5-9H2,1H3;1-2H,(H,5,6)(H,7,8)/b;2-1+. The van der Waals surface area contributed by atoms with Crippen molar-refractivity contribution in [2.45, 2.75) is 26.2 Å². The maximum absolute atomic E-state index is 12.5. The number of hydrogen-bond donors (Lipinski definition) is 3. The van der Waals surface area contributed by atoms with E-state index in [1.807, 2.05) is 30.0 Å². The number of amides is 1. The summed E-state index contributed by atoms with van der Waals surface area (Å²) in [5.74, 6) is -1.76. The largest absolute Gasteiger partial charge is 0.478 e. The Labute approximate surface area is 181 Å². The molecule has 28 heavy (non-hydrogen) atoms. The first-order valence-corrected chi connectivity index (χ1v) is 10.4. The number of carbonyl (C=O) groups excluding carboxylic acids is 1. The monoisotopic (exact) mass is 518 g/mol. The molecule has 1 aliphatic rings. The van der Waals surface area contributed by atoms with Gasteiger partial charge in [0, 0.05) is 39.8 Å².